The Hall–Kier alpha value is -0.510. The Balaban J connectivity index is 2.65. The van der Waals surface area contributed by atoms with Gasteiger partial charge in [0.2, 0.25) is 0 Å². The molecule has 0 saturated heterocycles. The third kappa shape index (κ3) is 2.74. The molecule has 0 bridgehead atoms. The van der Waals surface area contributed by atoms with E-state index in [1.54, 1.807) is 0 Å². The van der Waals surface area contributed by atoms with E-state index in [1.165, 1.54) is 19.3 Å². The topological polar surface area (TPSA) is 23.8 Å². The Kier molecular flexibility index (Phi) is 4.45. The van der Waals surface area contributed by atoms with Crippen LogP contribution in [-0.4, -0.2) is 0 Å². The zero-order valence-electron chi connectivity index (χ0n) is 9.79. The van der Waals surface area contributed by atoms with E-state index >= 15 is 0 Å². The lowest BCUT2D eigenvalue weighted by atomic mass is 9.78. The van der Waals surface area contributed by atoms with Gasteiger partial charge in [-0.25, -0.2) is 0 Å². The minimum absolute atomic E-state index is 0.337. The molecular formula is C13H23N. The number of rotatable bonds is 2. The van der Waals surface area contributed by atoms with Crippen LogP contribution in [0.2, 0.25) is 0 Å². The predicted molar refractivity (Wildman–Crippen MR) is 59.7 cm³/mol. The summed E-state index contributed by atoms with van der Waals surface area (Å²) in [5.41, 5.74) is 0. The first-order chi connectivity index (χ1) is 6.69. The summed E-state index contributed by atoms with van der Waals surface area (Å²) in [7, 11) is 0. The Morgan fingerprint density at radius 1 is 1.36 bits per heavy atom. The standard InChI is InChI=1S/C13H23N/c1-4-12-8-11(9-14)6-5-7-13(12)10(2)3/h10-13H,4-8H2,1-3H3. The molecule has 1 rings (SSSR count). The first-order valence-electron chi connectivity index (χ1n) is 6.08. The quantitative estimate of drug-likeness (QED) is 0.608. The SMILES string of the molecule is CCC1CC(C#N)CCCC1C(C)C. The van der Waals surface area contributed by atoms with Gasteiger partial charge in [0.1, 0.15) is 0 Å². The van der Waals surface area contributed by atoms with E-state index in [0.29, 0.717) is 5.92 Å². The van der Waals surface area contributed by atoms with Crippen molar-refractivity contribution in [2.45, 2.75) is 52.9 Å². The molecule has 0 aromatic heterocycles. The molecule has 1 aliphatic carbocycles. The molecule has 3 unspecified atom stereocenters. The lowest BCUT2D eigenvalue weighted by Crippen LogP contribution is -2.19. The van der Waals surface area contributed by atoms with Crippen LogP contribution >= 0.6 is 0 Å². The first-order valence-corrected chi connectivity index (χ1v) is 6.08. The van der Waals surface area contributed by atoms with Crippen molar-refractivity contribution in [3.05, 3.63) is 0 Å². The van der Waals surface area contributed by atoms with E-state index in [-0.39, 0.29) is 0 Å². The van der Waals surface area contributed by atoms with Crippen LogP contribution in [0.15, 0.2) is 0 Å². The second-order valence-electron chi connectivity index (χ2n) is 5.07. The van der Waals surface area contributed by atoms with Crippen LogP contribution in [0.3, 0.4) is 0 Å². The largest absolute Gasteiger partial charge is 0.198 e. The third-order valence-electron chi connectivity index (χ3n) is 3.85. The van der Waals surface area contributed by atoms with Crippen molar-refractivity contribution in [1.82, 2.24) is 0 Å². The lowest BCUT2D eigenvalue weighted by molar-refractivity contribution is 0.226. The molecule has 0 heterocycles. The van der Waals surface area contributed by atoms with Crippen molar-refractivity contribution in [2.75, 3.05) is 0 Å². The maximum atomic E-state index is 9.00. The smallest absolute Gasteiger partial charge is 0.0655 e. The maximum absolute atomic E-state index is 9.00. The average Bonchev–Trinajstić information content (AvgIpc) is 2.38. The maximum Gasteiger partial charge on any atom is 0.0655 e. The molecular weight excluding hydrogens is 170 g/mol. The van der Waals surface area contributed by atoms with Crippen LogP contribution < -0.4 is 0 Å². The van der Waals surface area contributed by atoms with Gasteiger partial charge in [0.05, 0.1) is 6.07 Å². The fourth-order valence-electron chi connectivity index (χ4n) is 2.96. The highest BCUT2D eigenvalue weighted by molar-refractivity contribution is 4.89. The molecule has 1 fully saturated rings. The Morgan fingerprint density at radius 3 is 2.57 bits per heavy atom. The Bertz CT molecular complexity index is 202. The molecule has 14 heavy (non-hydrogen) atoms. The van der Waals surface area contributed by atoms with Gasteiger partial charge in [0.15, 0.2) is 0 Å². The minimum atomic E-state index is 0.337. The number of hydrogen-bond acceptors (Lipinski definition) is 1. The summed E-state index contributed by atoms with van der Waals surface area (Å²) >= 11 is 0. The second kappa shape index (κ2) is 5.39. The van der Waals surface area contributed by atoms with Crippen molar-refractivity contribution < 1.29 is 0 Å². The molecule has 0 aromatic rings. The van der Waals surface area contributed by atoms with Gasteiger partial charge in [0, 0.05) is 5.92 Å². The molecule has 80 valence electrons. The summed E-state index contributed by atoms with van der Waals surface area (Å²) < 4.78 is 0. The average molecular weight is 193 g/mol. The van der Waals surface area contributed by atoms with Crippen molar-refractivity contribution >= 4 is 0 Å². The van der Waals surface area contributed by atoms with Gasteiger partial charge in [-0.3, -0.25) is 0 Å². The van der Waals surface area contributed by atoms with Gasteiger partial charge in [-0.05, 0) is 37.0 Å². The minimum Gasteiger partial charge on any atom is -0.198 e. The lowest BCUT2D eigenvalue weighted by Gasteiger charge is -2.27. The van der Waals surface area contributed by atoms with Gasteiger partial charge in [-0.1, -0.05) is 33.6 Å². The molecule has 0 N–H and O–H groups in total. The molecule has 0 spiro atoms. The van der Waals surface area contributed by atoms with E-state index < -0.39 is 0 Å². The zero-order chi connectivity index (χ0) is 10.6. The van der Waals surface area contributed by atoms with E-state index in [4.69, 9.17) is 5.26 Å². The zero-order valence-corrected chi connectivity index (χ0v) is 9.79. The van der Waals surface area contributed by atoms with E-state index in [1.807, 2.05) is 0 Å². The summed E-state index contributed by atoms with van der Waals surface area (Å²) in [6.07, 6.45) is 6.14. The summed E-state index contributed by atoms with van der Waals surface area (Å²) in [6.45, 7) is 6.94. The summed E-state index contributed by atoms with van der Waals surface area (Å²) in [5.74, 6) is 2.78. The van der Waals surface area contributed by atoms with Crippen molar-refractivity contribution in [3.63, 3.8) is 0 Å². The highest BCUT2D eigenvalue weighted by Gasteiger charge is 2.28. The summed E-state index contributed by atoms with van der Waals surface area (Å²) in [4.78, 5) is 0. The van der Waals surface area contributed by atoms with Gasteiger partial charge < -0.3 is 0 Å². The molecule has 1 heteroatoms. The Labute approximate surface area is 88.5 Å². The van der Waals surface area contributed by atoms with Crippen LogP contribution in [0.4, 0.5) is 0 Å². The van der Waals surface area contributed by atoms with Crippen LogP contribution in [0.25, 0.3) is 0 Å². The van der Waals surface area contributed by atoms with E-state index in [0.717, 1.165) is 30.6 Å². The molecule has 0 amide bonds. The number of nitriles is 1. The molecule has 1 saturated carbocycles. The fraction of sp³-hybridized carbons (Fsp3) is 0.923. The van der Waals surface area contributed by atoms with Gasteiger partial charge in [0.25, 0.3) is 0 Å². The van der Waals surface area contributed by atoms with Gasteiger partial charge >= 0.3 is 0 Å². The van der Waals surface area contributed by atoms with Crippen molar-refractivity contribution in [3.8, 4) is 6.07 Å². The van der Waals surface area contributed by atoms with Crippen LogP contribution in [0, 0.1) is 35.0 Å². The molecule has 0 aromatic carbocycles. The molecule has 1 aliphatic rings. The highest BCUT2D eigenvalue weighted by Crippen LogP contribution is 2.37. The monoisotopic (exact) mass is 193 g/mol. The van der Waals surface area contributed by atoms with Crippen LogP contribution in [-0.2, 0) is 0 Å². The second-order valence-corrected chi connectivity index (χ2v) is 5.07. The van der Waals surface area contributed by atoms with Crippen LogP contribution in [0.5, 0.6) is 0 Å². The number of nitrogens with zero attached hydrogens (tertiary/aromatic N) is 1. The molecule has 3 atom stereocenters. The summed E-state index contributed by atoms with van der Waals surface area (Å²) in [5, 5.41) is 9.00. The fourth-order valence-corrected chi connectivity index (χ4v) is 2.96. The molecule has 1 nitrogen and oxygen atoms in total. The third-order valence-corrected chi connectivity index (χ3v) is 3.85. The molecule has 0 radical (unpaired) electrons. The van der Waals surface area contributed by atoms with Gasteiger partial charge in [-0.2, -0.15) is 5.26 Å². The predicted octanol–water partition coefficient (Wildman–Crippen LogP) is 4.00. The molecule has 0 aliphatic heterocycles. The van der Waals surface area contributed by atoms with Crippen molar-refractivity contribution in [2.24, 2.45) is 23.7 Å². The normalized spacial score (nSPS) is 33.8. The first kappa shape index (κ1) is 11.6. The van der Waals surface area contributed by atoms with Crippen LogP contribution in [0.1, 0.15) is 52.9 Å². The van der Waals surface area contributed by atoms with Gasteiger partial charge in [-0.15, -0.1) is 0 Å². The van der Waals surface area contributed by atoms with Crippen molar-refractivity contribution in [1.29, 1.82) is 5.26 Å². The highest BCUT2D eigenvalue weighted by atomic mass is 14.4. The summed E-state index contributed by atoms with van der Waals surface area (Å²) in [6, 6.07) is 2.47. The Morgan fingerprint density at radius 2 is 2.07 bits per heavy atom. The van der Waals surface area contributed by atoms with E-state index in [2.05, 4.69) is 26.8 Å². The number of hydrogen-bond donors (Lipinski definition) is 0. The van der Waals surface area contributed by atoms with E-state index in [9.17, 15) is 0 Å².